The van der Waals surface area contributed by atoms with Gasteiger partial charge in [0.25, 0.3) is 0 Å². The minimum absolute atomic E-state index is 0.282. The third-order valence-electron chi connectivity index (χ3n) is 2.74. The molecule has 0 aromatic rings. The normalized spacial score (nSPS) is 11.8. The van der Waals surface area contributed by atoms with Gasteiger partial charge in [0, 0.05) is 19.5 Å². The van der Waals surface area contributed by atoms with Crippen molar-refractivity contribution in [3.63, 3.8) is 0 Å². The zero-order valence-corrected chi connectivity index (χ0v) is 13.8. The van der Waals surface area contributed by atoms with E-state index >= 15 is 0 Å². The maximum absolute atomic E-state index is 11.3. The van der Waals surface area contributed by atoms with Crippen LogP contribution in [0.25, 0.3) is 0 Å². The van der Waals surface area contributed by atoms with Gasteiger partial charge in [0.15, 0.2) is 0 Å². The maximum Gasteiger partial charge on any atom is 0.320 e. The van der Waals surface area contributed by atoms with Gasteiger partial charge in [0.05, 0.1) is 0 Å². The van der Waals surface area contributed by atoms with Crippen molar-refractivity contribution in [1.29, 1.82) is 0 Å². The number of nitrogens with zero attached hydrogens (tertiary/aromatic N) is 1. The Morgan fingerprint density at radius 2 is 1.50 bits per heavy atom. The van der Waals surface area contributed by atoms with Crippen LogP contribution in [0.5, 0.6) is 0 Å². The van der Waals surface area contributed by atoms with Gasteiger partial charge >= 0.3 is 5.97 Å². The van der Waals surface area contributed by atoms with E-state index in [0.29, 0.717) is 24.7 Å². The molecule has 0 fully saturated rings. The number of aliphatic carboxylic acids is 1. The molecule has 1 atom stereocenters. The summed E-state index contributed by atoms with van der Waals surface area (Å²) in [6.45, 7) is 13.7. The molecule has 3 N–H and O–H groups in total. The van der Waals surface area contributed by atoms with E-state index in [2.05, 4.69) is 13.8 Å². The second-order valence-electron chi connectivity index (χ2n) is 5.74. The largest absolute Gasteiger partial charge is 0.480 e. The number of carboxylic acids is 1. The van der Waals surface area contributed by atoms with Crippen LogP contribution in [-0.2, 0) is 9.59 Å². The Hall–Kier alpha value is -1.10. The molecule has 0 bridgehead atoms. The lowest BCUT2D eigenvalue weighted by atomic mass is 10.1. The predicted octanol–water partition coefficient (Wildman–Crippen LogP) is 2.35. The van der Waals surface area contributed by atoms with Crippen LogP contribution in [0.15, 0.2) is 0 Å². The molecular formula is C15H32N2O3. The van der Waals surface area contributed by atoms with Crippen molar-refractivity contribution in [2.45, 2.75) is 60.4 Å². The van der Waals surface area contributed by atoms with Crippen LogP contribution < -0.4 is 5.73 Å². The molecule has 0 rings (SSSR count). The van der Waals surface area contributed by atoms with E-state index in [-0.39, 0.29) is 5.91 Å². The highest BCUT2D eigenvalue weighted by Crippen LogP contribution is 2.03. The molecule has 0 aliphatic rings. The van der Waals surface area contributed by atoms with Gasteiger partial charge in [-0.15, -0.1) is 0 Å². The molecule has 0 aliphatic heterocycles. The molecule has 1 amide bonds. The van der Waals surface area contributed by atoms with Crippen molar-refractivity contribution in [3.8, 4) is 0 Å². The maximum atomic E-state index is 11.3. The fourth-order valence-electron chi connectivity index (χ4n) is 1.66. The molecule has 120 valence electrons. The Morgan fingerprint density at radius 3 is 1.70 bits per heavy atom. The number of amides is 1. The number of nitrogens with two attached hydrogens (primary N) is 1. The van der Waals surface area contributed by atoms with Crippen LogP contribution in [0.1, 0.15) is 54.4 Å². The monoisotopic (exact) mass is 288 g/mol. The van der Waals surface area contributed by atoms with Crippen LogP contribution in [-0.4, -0.2) is 41.0 Å². The van der Waals surface area contributed by atoms with Crippen LogP contribution in [0.2, 0.25) is 0 Å². The first-order chi connectivity index (χ1) is 9.15. The summed E-state index contributed by atoms with van der Waals surface area (Å²) in [5, 5.41) is 8.31. The third-order valence-corrected chi connectivity index (χ3v) is 2.74. The number of rotatable bonds is 7. The Balaban J connectivity index is 0. The van der Waals surface area contributed by atoms with Crippen LogP contribution >= 0.6 is 0 Å². The highest BCUT2D eigenvalue weighted by Gasteiger charge is 2.12. The predicted molar refractivity (Wildman–Crippen MR) is 82.4 cm³/mol. The summed E-state index contributed by atoms with van der Waals surface area (Å²) in [6.07, 6.45) is 1.23. The molecule has 0 aromatic carbocycles. The Kier molecular flexibility index (Phi) is 12.4. The quantitative estimate of drug-likeness (QED) is 0.753. The van der Waals surface area contributed by atoms with Gasteiger partial charge in [0.1, 0.15) is 6.04 Å². The van der Waals surface area contributed by atoms with Crippen molar-refractivity contribution in [2.75, 3.05) is 13.1 Å². The Bertz CT molecular complexity index is 274. The number of hydrogen-bond acceptors (Lipinski definition) is 3. The molecule has 0 spiro atoms. The lowest BCUT2D eigenvalue weighted by molar-refractivity contribution is -0.139. The molecule has 5 heteroatoms. The number of carbonyl (C=O) groups is 2. The average molecular weight is 288 g/mol. The summed E-state index contributed by atoms with van der Waals surface area (Å²) in [7, 11) is 0. The zero-order chi connectivity index (χ0) is 16.3. The number of carboxylic acid groups (broad SMARTS) is 1. The van der Waals surface area contributed by atoms with Crippen molar-refractivity contribution in [2.24, 2.45) is 17.6 Å². The highest BCUT2D eigenvalue weighted by molar-refractivity contribution is 5.76. The summed E-state index contributed by atoms with van der Waals surface area (Å²) in [6, 6.07) is -0.690. The first-order valence-corrected chi connectivity index (χ1v) is 7.41. The fourth-order valence-corrected chi connectivity index (χ4v) is 1.66. The number of hydrogen-bond donors (Lipinski definition) is 2. The van der Waals surface area contributed by atoms with Crippen molar-refractivity contribution >= 4 is 11.9 Å². The molecule has 20 heavy (non-hydrogen) atoms. The molecule has 0 saturated heterocycles. The first-order valence-electron chi connectivity index (χ1n) is 7.41. The van der Waals surface area contributed by atoms with Gasteiger partial charge in [-0.3, -0.25) is 9.59 Å². The second kappa shape index (κ2) is 11.7. The smallest absolute Gasteiger partial charge is 0.320 e. The fraction of sp³-hybridized carbons (Fsp3) is 0.867. The van der Waals surface area contributed by atoms with E-state index in [1.807, 2.05) is 32.6 Å². The topological polar surface area (TPSA) is 83.6 Å². The SMILES string of the molecule is CC(C)CC(N)C(=O)O.CCN(CC)C(=O)CC(C)C. The lowest BCUT2D eigenvalue weighted by Crippen LogP contribution is -2.31. The molecule has 0 heterocycles. The van der Waals surface area contributed by atoms with Crippen molar-refractivity contribution < 1.29 is 14.7 Å². The van der Waals surface area contributed by atoms with E-state index in [0.717, 1.165) is 13.1 Å². The van der Waals surface area contributed by atoms with E-state index in [1.54, 1.807) is 0 Å². The van der Waals surface area contributed by atoms with Crippen LogP contribution in [0.3, 0.4) is 0 Å². The van der Waals surface area contributed by atoms with Gasteiger partial charge in [-0.25, -0.2) is 0 Å². The van der Waals surface area contributed by atoms with Crippen LogP contribution in [0, 0.1) is 11.8 Å². The first kappa shape index (κ1) is 21.2. The number of carbonyl (C=O) groups excluding carboxylic acids is 1. The Labute approximate surface area is 123 Å². The third kappa shape index (κ3) is 12.0. The molecular weight excluding hydrogens is 256 g/mol. The van der Waals surface area contributed by atoms with Gasteiger partial charge in [0.2, 0.25) is 5.91 Å². The molecule has 0 saturated carbocycles. The molecule has 0 aliphatic carbocycles. The molecule has 0 radical (unpaired) electrons. The summed E-state index contributed by atoms with van der Waals surface area (Å²) in [5.74, 6) is 0.202. The average Bonchev–Trinajstić information content (AvgIpc) is 2.29. The van der Waals surface area contributed by atoms with Crippen molar-refractivity contribution in [1.82, 2.24) is 4.90 Å². The second-order valence-corrected chi connectivity index (χ2v) is 5.74. The summed E-state index contributed by atoms with van der Waals surface area (Å²) in [5.41, 5.74) is 5.22. The van der Waals surface area contributed by atoms with E-state index in [4.69, 9.17) is 10.8 Å². The van der Waals surface area contributed by atoms with Gasteiger partial charge in [-0.2, -0.15) is 0 Å². The van der Waals surface area contributed by atoms with Gasteiger partial charge in [-0.05, 0) is 32.1 Å². The standard InChI is InChI=1S/C9H19NO.C6H13NO2/c1-5-10(6-2)9(11)7-8(3)4;1-4(2)3-5(7)6(8)9/h8H,5-7H2,1-4H3;4-5H,3,7H2,1-2H3,(H,8,9). The van der Waals surface area contributed by atoms with Crippen LogP contribution in [0.4, 0.5) is 0 Å². The van der Waals surface area contributed by atoms with E-state index in [1.165, 1.54) is 0 Å². The molecule has 1 unspecified atom stereocenters. The lowest BCUT2D eigenvalue weighted by Gasteiger charge is -2.19. The highest BCUT2D eigenvalue weighted by atomic mass is 16.4. The van der Waals surface area contributed by atoms with Crippen molar-refractivity contribution in [3.05, 3.63) is 0 Å². The van der Waals surface area contributed by atoms with Gasteiger partial charge < -0.3 is 15.7 Å². The minimum atomic E-state index is -0.913. The minimum Gasteiger partial charge on any atom is -0.480 e. The Morgan fingerprint density at radius 1 is 1.05 bits per heavy atom. The van der Waals surface area contributed by atoms with Gasteiger partial charge in [-0.1, -0.05) is 27.7 Å². The summed E-state index contributed by atoms with van der Waals surface area (Å²) < 4.78 is 0. The molecule has 0 aromatic heterocycles. The molecule has 5 nitrogen and oxygen atoms in total. The van der Waals surface area contributed by atoms with E-state index < -0.39 is 12.0 Å². The van der Waals surface area contributed by atoms with E-state index in [9.17, 15) is 9.59 Å². The summed E-state index contributed by atoms with van der Waals surface area (Å²) in [4.78, 5) is 23.3. The summed E-state index contributed by atoms with van der Waals surface area (Å²) >= 11 is 0. The zero-order valence-electron chi connectivity index (χ0n) is 13.8.